The van der Waals surface area contributed by atoms with Crippen molar-refractivity contribution in [1.29, 1.82) is 0 Å². The SMILES string of the molecule is CN(C)CCn1c(=O)oc2ccc(NC(=O)c3ccc4nc[nH]c4c3)cc21. The zero-order chi connectivity index (χ0) is 19.0. The number of amides is 1. The molecule has 0 saturated heterocycles. The van der Waals surface area contributed by atoms with Gasteiger partial charge in [0.15, 0.2) is 5.58 Å². The number of oxazole rings is 1. The molecule has 0 saturated carbocycles. The Morgan fingerprint density at radius 1 is 1.26 bits per heavy atom. The summed E-state index contributed by atoms with van der Waals surface area (Å²) in [7, 11) is 3.88. The Morgan fingerprint density at radius 3 is 2.93 bits per heavy atom. The molecule has 0 aliphatic heterocycles. The van der Waals surface area contributed by atoms with E-state index in [2.05, 4.69) is 15.3 Å². The highest BCUT2D eigenvalue weighted by Crippen LogP contribution is 2.20. The van der Waals surface area contributed by atoms with E-state index in [4.69, 9.17) is 4.42 Å². The predicted octanol–water partition coefficient (Wildman–Crippen LogP) is 2.28. The first-order valence-electron chi connectivity index (χ1n) is 8.54. The van der Waals surface area contributed by atoms with E-state index in [0.717, 1.165) is 11.0 Å². The molecule has 4 aromatic rings. The van der Waals surface area contributed by atoms with Crippen LogP contribution in [0.25, 0.3) is 22.1 Å². The van der Waals surface area contributed by atoms with Crippen LogP contribution in [0.3, 0.4) is 0 Å². The highest BCUT2D eigenvalue weighted by Gasteiger charge is 2.12. The van der Waals surface area contributed by atoms with E-state index in [9.17, 15) is 9.59 Å². The maximum atomic E-state index is 12.6. The van der Waals surface area contributed by atoms with Crippen molar-refractivity contribution < 1.29 is 9.21 Å². The summed E-state index contributed by atoms with van der Waals surface area (Å²) in [6.07, 6.45) is 1.59. The number of nitrogens with zero attached hydrogens (tertiary/aromatic N) is 3. The summed E-state index contributed by atoms with van der Waals surface area (Å²) >= 11 is 0. The van der Waals surface area contributed by atoms with Crippen LogP contribution < -0.4 is 11.1 Å². The Kier molecular flexibility index (Phi) is 4.25. The van der Waals surface area contributed by atoms with Crippen molar-refractivity contribution in [2.24, 2.45) is 0 Å². The second-order valence-corrected chi connectivity index (χ2v) is 6.59. The summed E-state index contributed by atoms with van der Waals surface area (Å²) in [4.78, 5) is 33.8. The van der Waals surface area contributed by atoms with E-state index in [1.165, 1.54) is 0 Å². The van der Waals surface area contributed by atoms with Crippen molar-refractivity contribution in [2.75, 3.05) is 26.0 Å². The molecule has 2 aromatic carbocycles. The number of hydrogen-bond acceptors (Lipinski definition) is 5. The van der Waals surface area contributed by atoms with E-state index in [0.29, 0.717) is 35.4 Å². The third kappa shape index (κ3) is 3.34. The topological polar surface area (TPSA) is 96.2 Å². The monoisotopic (exact) mass is 365 g/mol. The highest BCUT2D eigenvalue weighted by molar-refractivity contribution is 6.06. The van der Waals surface area contributed by atoms with Gasteiger partial charge >= 0.3 is 5.76 Å². The number of benzene rings is 2. The van der Waals surface area contributed by atoms with Gasteiger partial charge in [-0.15, -0.1) is 0 Å². The molecule has 0 spiro atoms. The molecule has 0 aliphatic rings. The lowest BCUT2D eigenvalue weighted by molar-refractivity contribution is 0.102. The third-order valence-electron chi connectivity index (χ3n) is 4.38. The van der Waals surface area contributed by atoms with Gasteiger partial charge in [-0.05, 0) is 50.5 Å². The number of rotatable bonds is 5. The lowest BCUT2D eigenvalue weighted by atomic mass is 10.2. The number of carbonyl (C=O) groups excluding carboxylic acids is 1. The van der Waals surface area contributed by atoms with Crippen molar-refractivity contribution in [3.63, 3.8) is 0 Å². The lowest BCUT2D eigenvalue weighted by Gasteiger charge is -2.10. The van der Waals surface area contributed by atoms with Gasteiger partial charge in [0.05, 0.1) is 22.9 Å². The Morgan fingerprint density at radius 2 is 2.11 bits per heavy atom. The quantitative estimate of drug-likeness (QED) is 0.566. The first-order chi connectivity index (χ1) is 13.0. The van der Waals surface area contributed by atoms with Crippen LogP contribution in [0.2, 0.25) is 0 Å². The summed E-state index contributed by atoms with van der Waals surface area (Å²) in [5, 5.41) is 2.87. The van der Waals surface area contributed by atoms with Crippen molar-refractivity contribution in [2.45, 2.75) is 6.54 Å². The Labute approximate surface area is 154 Å². The van der Waals surface area contributed by atoms with E-state index >= 15 is 0 Å². The van der Waals surface area contributed by atoms with E-state index in [1.54, 1.807) is 47.3 Å². The molecule has 138 valence electrons. The van der Waals surface area contributed by atoms with Gasteiger partial charge in [-0.1, -0.05) is 0 Å². The van der Waals surface area contributed by atoms with Crippen LogP contribution in [0.5, 0.6) is 0 Å². The molecule has 2 N–H and O–H groups in total. The second kappa shape index (κ2) is 6.73. The Bertz CT molecular complexity index is 1180. The smallest absolute Gasteiger partial charge is 0.408 e. The van der Waals surface area contributed by atoms with E-state index < -0.39 is 5.76 Å². The molecule has 0 bridgehead atoms. The summed E-state index contributed by atoms with van der Waals surface area (Å²) in [5.74, 6) is -0.642. The van der Waals surface area contributed by atoms with Gasteiger partial charge < -0.3 is 19.6 Å². The van der Waals surface area contributed by atoms with Crippen molar-refractivity contribution in [3.8, 4) is 0 Å². The van der Waals surface area contributed by atoms with Crippen LogP contribution in [0.4, 0.5) is 5.69 Å². The maximum Gasteiger partial charge on any atom is 0.419 e. The first kappa shape index (κ1) is 17.0. The van der Waals surface area contributed by atoms with Crippen LogP contribution in [0.15, 0.2) is 51.9 Å². The number of fused-ring (bicyclic) bond motifs is 2. The normalized spacial score (nSPS) is 11.5. The minimum absolute atomic E-state index is 0.239. The zero-order valence-electron chi connectivity index (χ0n) is 15.0. The van der Waals surface area contributed by atoms with Gasteiger partial charge in [-0.3, -0.25) is 9.36 Å². The number of nitrogens with one attached hydrogen (secondary N) is 2. The number of carbonyl (C=O) groups is 1. The Hall–Kier alpha value is -3.39. The number of aromatic amines is 1. The summed E-state index contributed by atoms with van der Waals surface area (Å²) in [6.45, 7) is 1.21. The molecule has 2 aromatic heterocycles. The van der Waals surface area contributed by atoms with E-state index in [-0.39, 0.29) is 5.91 Å². The molecule has 0 aliphatic carbocycles. The van der Waals surface area contributed by atoms with Gasteiger partial charge in [0.25, 0.3) is 5.91 Å². The summed E-state index contributed by atoms with van der Waals surface area (Å²) in [6, 6.07) is 10.4. The molecular formula is C19H19N5O3. The fourth-order valence-electron chi connectivity index (χ4n) is 2.93. The second-order valence-electron chi connectivity index (χ2n) is 6.59. The number of imidazole rings is 1. The van der Waals surface area contributed by atoms with Crippen LogP contribution in [-0.4, -0.2) is 46.0 Å². The molecule has 27 heavy (non-hydrogen) atoms. The largest absolute Gasteiger partial charge is 0.419 e. The van der Waals surface area contributed by atoms with Gasteiger partial charge in [-0.25, -0.2) is 9.78 Å². The molecule has 0 unspecified atom stereocenters. The van der Waals surface area contributed by atoms with Gasteiger partial charge in [-0.2, -0.15) is 0 Å². The molecule has 2 heterocycles. The molecule has 8 heteroatoms. The molecule has 0 fully saturated rings. The number of anilines is 1. The molecule has 1 amide bonds. The Balaban J connectivity index is 1.62. The van der Waals surface area contributed by atoms with Gasteiger partial charge in [0, 0.05) is 24.3 Å². The van der Waals surface area contributed by atoms with Crippen LogP contribution in [-0.2, 0) is 6.54 Å². The van der Waals surface area contributed by atoms with Crippen molar-refractivity contribution >= 4 is 33.7 Å². The summed E-state index contributed by atoms with van der Waals surface area (Å²) in [5.41, 5.74) is 3.86. The van der Waals surface area contributed by atoms with Gasteiger partial charge in [0.1, 0.15) is 0 Å². The summed E-state index contributed by atoms with van der Waals surface area (Å²) < 4.78 is 6.85. The van der Waals surface area contributed by atoms with E-state index in [1.807, 2.05) is 19.0 Å². The number of aromatic nitrogens is 3. The molecular weight excluding hydrogens is 346 g/mol. The predicted molar refractivity (Wildman–Crippen MR) is 103 cm³/mol. The first-order valence-corrected chi connectivity index (χ1v) is 8.54. The minimum atomic E-state index is -0.403. The fourth-order valence-corrected chi connectivity index (χ4v) is 2.93. The molecule has 0 radical (unpaired) electrons. The van der Waals surface area contributed by atoms with Crippen LogP contribution in [0.1, 0.15) is 10.4 Å². The molecule has 0 atom stereocenters. The van der Waals surface area contributed by atoms with Crippen LogP contribution in [0, 0.1) is 0 Å². The number of likely N-dealkylation sites (N-methyl/N-ethyl adjacent to an activating group) is 1. The zero-order valence-corrected chi connectivity index (χ0v) is 15.0. The minimum Gasteiger partial charge on any atom is -0.408 e. The van der Waals surface area contributed by atoms with Crippen LogP contribution >= 0.6 is 0 Å². The third-order valence-corrected chi connectivity index (χ3v) is 4.38. The lowest BCUT2D eigenvalue weighted by Crippen LogP contribution is -2.23. The van der Waals surface area contributed by atoms with Gasteiger partial charge in [0.2, 0.25) is 0 Å². The average Bonchev–Trinajstić information content (AvgIpc) is 3.22. The van der Waals surface area contributed by atoms with Crippen molar-refractivity contribution in [3.05, 3.63) is 58.8 Å². The average molecular weight is 365 g/mol. The maximum absolute atomic E-state index is 12.6. The number of H-pyrrole nitrogens is 1. The molecule has 8 nitrogen and oxygen atoms in total. The number of hydrogen-bond donors (Lipinski definition) is 2. The highest BCUT2D eigenvalue weighted by atomic mass is 16.4. The molecule has 4 rings (SSSR count). The fraction of sp³-hybridized carbons (Fsp3) is 0.211. The standard InChI is InChI=1S/C19H19N5O3/c1-23(2)7-8-24-16-10-13(4-6-17(16)27-19(24)26)22-18(25)12-3-5-14-15(9-12)21-11-20-14/h3-6,9-11H,7-8H2,1-2H3,(H,20,21)(H,22,25). The van der Waals surface area contributed by atoms with Crippen molar-refractivity contribution in [1.82, 2.24) is 19.4 Å².